The largest absolute Gasteiger partial charge is 0.492 e. The number of Topliss-reactive ketones (excluding diaryl/α,β-unsaturated/α-hetero) is 1. The highest BCUT2D eigenvalue weighted by molar-refractivity contribution is 6.11. The van der Waals surface area contributed by atoms with Gasteiger partial charge in [-0.25, -0.2) is 4.79 Å². The number of hydrogen-bond donors (Lipinski definition) is 7. The van der Waals surface area contributed by atoms with Gasteiger partial charge in [0.05, 0.1) is 49.7 Å². The third-order valence-corrected chi connectivity index (χ3v) is 15.8. The molecule has 2 aromatic carbocycles. The molecule has 372 valence electrons. The highest BCUT2D eigenvalue weighted by Gasteiger charge is 2.59. The second-order valence-electron chi connectivity index (χ2n) is 19.6. The minimum absolute atomic E-state index is 0.0158. The van der Waals surface area contributed by atoms with E-state index in [0.717, 1.165) is 35.0 Å². The van der Waals surface area contributed by atoms with Gasteiger partial charge in [-0.1, -0.05) is 11.6 Å². The molecular formula is C53H66N2O14. The third-order valence-electron chi connectivity index (χ3n) is 15.8. The number of aromatic nitrogens is 1. The number of carbonyl (C=O) groups excluding carboxylic acids is 3. The number of aryl methyl sites for hydroxylation is 1. The lowest BCUT2D eigenvalue weighted by Crippen LogP contribution is -2.63. The van der Waals surface area contributed by atoms with E-state index in [1.165, 1.54) is 0 Å². The molecule has 1 aromatic heterocycles. The fourth-order valence-corrected chi connectivity index (χ4v) is 12.6. The Bertz CT molecular complexity index is 2540. The molecule has 5 heterocycles. The van der Waals surface area contributed by atoms with Gasteiger partial charge in [0.15, 0.2) is 6.29 Å². The summed E-state index contributed by atoms with van der Waals surface area (Å²) in [6.07, 6.45) is 6.79. The summed E-state index contributed by atoms with van der Waals surface area (Å²) in [6.45, 7) is 2.49. The van der Waals surface area contributed by atoms with Crippen molar-refractivity contribution in [3.8, 4) is 17.2 Å². The van der Waals surface area contributed by atoms with Gasteiger partial charge in [-0.15, -0.1) is 0 Å². The molecule has 16 heteroatoms. The normalized spacial score (nSPS) is 27.9. The van der Waals surface area contributed by atoms with E-state index >= 15 is 0 Å². The van der Waals surface area contributed by atoms with E-state index in [1.807, 2.05) is 24.4 Å². The number of benzene rings is 2. The van der Waals surface area contributed by atoms with Crippen LogP contribution in [-0.2, 0) is 43.3 Å². The number of nitrogens with one attached hydrogen (secondary N) is 1. The fraction of sp³-hybridized carbons (Fsp3) is 0.566. The lowest BCUT2D eigenvalue weighted by Gasteiger charge is -2.54. The van der Waals surface area contributed by atoms with Crippen molar-refractivity contribution in [2.75, 3.05) is 73.0 Å². The first kappa shape index (κ1) is 49.1. The first-order valence-corrected chi connectivity index (χ1v) is 24.7. The van der Waals surface area contributed by atoms with E-state index in [2.05, 4.69) is 16.0 Å². The fourth-order valence-electron chi connectivity index (χ4n) is 12.6. The van der Waals surface area contributed by atoms with Crippen LogP contribution in [0.2, 0.25) is 0 Å². The topological polar surface area (TPSA) is 238 Å². The van der Waals surface area contributed by atoms with Crippen LogP contribution >= 0.6 is 0 Å². The summed E-state index contributed by atoms with van der Waals surface area (Å²) in [4.78, 5) is 47.9. The van der Waals surface area contributed by atoms with Crippen molar-refractivity contribution in [3.63, 3.8) is 0 Å². The number of ketones is 1. The third kappa shape index (κ3) is 8.74. The molecule has 8 unspecified atom stereocenters. The minimum Gasteiger partial charge on any atom is -0.492 e. The summed E-state index contributed by atoms with van der Waals surface area (Å²) in [5.41, 5.74) is 3.15. The van der Waals surface area contributed by atoms with Gasteiger partial charge in [0, 0.05) is 98.9 Å². The average Bonchev–Trinajstić information content (AvgIpc) is 4.03. The molecule has 9 rings (SSSR count). The standard InChI is InChI=1S/C53H66N2O14/c1-3-66-52(63)51-39(26-60)45-32-16-35(25-59)47(62)37(19-32)36-18-31-9-11-54-43(31)20-30(36)8-7-29(23-57)28-67-49-38-21-44(68-48(38)40(27-61)50(69-51)46(45)49)53(64)41(6-4-14-56)34(24-58)17-33-22-55(12-5-15-65-2)13-10-42(33)53/h9,11,17-18,20,26,29,33,35,37,41-42,44,54,56-59,61,64H,3-8,10,12-16,19,21-25,27-28H2,1-2H3. The molecule has 0 radical (unpaired) electrons. The van der Waals surface area contributed by atoms with Gasteiger partial charge in [0.1, 0.15) is 34.7 Å². The number of H-pyrrole nitrogens is 1. The molecule has 3 aromatic rings. The zero-order valence-corrected chi connectivity index (χ0v) is 39.5. The first-order valence-electron chi connectivity index (χ1n) is 24.7. The van der Waals surface area contributed by atoms with Gasteiger partial charge < -0.3 is 64.2 Å². The maximum Gasteiger partial charge on any atom is 0.375 e. The van der Waals surface area contributed by atoms with Crippen molar-refractivity contribution in [3.05, 3.63) is 80.8 Å². The average molecular weight is 955 g/mol. The highest BCUT2D eigenvalue weighted by Crippen LogP contribution is 2.59. The Morgan fingerprint density at radius 2 is 1.87 bits per heavy atom. The second kappa shape index (κ2) is 20.8. The van der Waals surface area contributed by atoms with Crippen molar-refractivity contribution in [1.82, 2.24) is 9.88 Å². The summed E-state index contributed by atoms with van der Waals surface area (Å²) in [5.74, 6) is -4.32. The van der Waals surface area contributed by atoms with Crippen molar-refractivity contribution < 1.29 is 68.7 Å². The van der Waals surface area contributed by atoms with Crippen LogP contribution in [0, 0.1) is 29.6 Å². The summed E-state index contributed by atoms with van der Waals surface area (Å²) < 4.78 is 31.3. The first-order chi connectivity index (χ1) is 33.6. The van der Waals surface area contributed by atoms with Gasteiger partial charge in [-0.05, 0) is 111 Å². The molecule has 2 fully saturated rings. The maximum absolute atomic E-state index is 14.6. The Labute approximate surface area is 401 Å². The molecule has 1 saturated carbocycles. The van der Waals surface area contributed by atoms with E-state index in [-0.39, 0.29) is 109 Å². The van der Waals surface area contributed by atoms with Crippen LogP contribution in [0.1, 0.15) is 85.6 Å². The smallest absolute Gasteiger partial charge is 0.375 e. The molecule has 0 amide bonds. The molecular weight excluding hydrogens is 889 g/mol. The van der Waals surface area contributed by atoms with Gasteiger partial charge in [0.25, 0.3) is 0 Å². The van der Waals surface area contributed by atoms with Gasteiger partial charge in [-0.3, -0.25) is 9.59 Å². The molecule has 6 aliphatic rings. The number of aliphatic hydroxyl groups is 6. The zero-order chi connectivity index (χ0) is 48.6. The summed E-state index contributed by atoms with van der Waals surface area (Å²) in [5, 5.41) is 69.0. The number of methoxy groups -OCH3 is 1. The van der Waals surface area contributed by atoms with Crippen LogP contribution in [0.5, 0.6) is 17.2 Å². The number of rotatable bonds is 15. The van der Waals surface area contributed by atoms with Crippen molar-refractivity contribution >= 4 is 34.5 Å². The molecule has 0 spiro atoms. The predicted octanol–water partition coefficient (Wildman–Crippen LogP) is 3.84. The van der Waals surface area contributed by atoms with Crippen LogP contribution in [0.15, 0.2) is 53.0 Å². The van der Waals surface area contributed by atoms with Gasteiger partial charge >= 0.3 is 5.97 Å². The van der Waals surface area contributed by atoms with E-state index in [1.54, 1.807) is 14.0 Å². The maximum atomic E-state index is 14.6. The zero-order valence-electron chi connectivity index (χ0n) is 39.5. The summed E-state index contributed by atoms with van der Waals surface area (Å²) >= 11 is 0. The predicted molar refractivity (Wildman–Crippen MR) is 252 cm³/mol. The van der Waals surface area contributed by atoms with Crippen molar-refractivity contribution in [2.24, 2.45) is 29.6 Å². The summed E-state index contributed by atoms with van der Waals surface area (Å²) in [6, 6.07) is 5.94. The quantitative estimate of drug-likeness (QED) is 0.0496. The number of aliphatic hydroxyl groups excluding tert-OH is 5. The molecule has 16 nitrogen and oxygen atoms in total. The molecule has 69 heavy (non-hydrogen) atoms. The number of allylic oxidation sites excluding steroid dienone is 3. The number of hydrogen-bond acceptors (Lipinski definition) is 15. The van der Waals surface area contributed by atoms with Crippen LogP contribution < -0.4 is 14.2 Å². The molecule has 1 saturated heterocycles. The monoisotopic (exact) mass is 954 g/mol. The van der Waals surface area contributed by atoms with Crippen LogP contribution in [0.25, 0.3) is 16.5 Å². The number of piperidine rings is 1. The molecule has 2 bridgehead atoms. The lowest BCUT2D eigenvalue weighted by molar-refractivity contribution is -0.159. The number of fused-ring (bicyclic) bond motifs is 8. The molecule has 8 atom stereocenters. The number of likely N-dealkylation sites (tertiary alicyclic amines) is 1. The van der Waals surface area contributed by atoms with E-state index in [9.17, 15) is 45.0 Å². The Morgan fingerprint density at radius 1 is 1.03 bits per heavy atom. The van der Waals surface area contributed by atoms with Crippen LogP contribution in [-0.4, -0.2) is 143 Å². The Hall–Kier alpha value is -4.91. The number of esters is 1. The van der Waals surface area contributed by atoms with E-state index in [0.29, 0.717) is 74.8 Å². The van der Waals surface area contributed by atoms with Crippen LogP contribution in [0.3, 0.4) is 0 Å². The minimum atomic E-state index is -1.60. The summed E-state index contributed by atoms with van der Waals surface area (Å²) in [7, 11) is 1.68. The molecule has 7 N–H and O–H groups in total. The Morgan fingerprint density at radius 3 is 2.59 bits per heavy atom. The van der Waals surface area contributed by atoms with E-state index < -0.39 is 60.3 Å². The number of carbonyl (C=O) groups is 3. The van der Waals surface area contributed by atoms with E-state index in [4.69, 9.17) is 23.7 Å². The molecule has 4 aliphatic heterocycles. The Kier molecular flexibility index (Phi) is 14.8. The highest BCUT2D eigenvalue weighted by atomic mass is 16.6. The second-order valence-corrected chi connectivity index (χ2v) is 19.6. The molecule has 2 aliphatic carbocycles. The number of aldehydes is 1. The van der Waals surface area contributed by atoms with Crippen molar-refractivity contribution in [2.45, 2.75) is 88.9 Å². The SMILES string of the molecule is CCOC(=O)C1=C(C=O)C2=C3CC(CO)C(=O)C(C3)c3cc4cc[nH]c4cc3CCC(CO)COc3c4c(c(CO)c(c32)O1)OC(C1(O)C(CCCO)C(CO)=CC2CN(CCCOC)CCC21)C4. The van der Waals surface area contributed by atoms with Gasteiger partial charge in [0.2, 0.25) is 5.76 Å². The number of nitrogens with zero attached hydrogens (tertiary/aromatic N) is 1. The lowest BCUT2D eigenvalue weighted by atomic mass is 9.58. The van der Waals surface area contributed by atoms with Gasteiger partial charge in [-0.2, -0.15) is 0 Å². The van der Waals surface area contributed by atoms with Crippen molar-refractivity contribution in [1.29, 1.82) is 0 Å². The van der Waals surface area contributed by atoms with Crippen LogP contribution in [0.4, 0.5) is 0 Å². The number of ether oxygens (including phenoxy) is 5. The Balaban J connectivity index is 1.25. The number of aromatic amines is 1.